The molecule has 0 bridgehead atoms. The van der Waals surface area contributed by atoms with E-state index in [4.69, 9.17) is 20.2 Å². The van der Waals surface area contributed by atoms with Crippen molar-refractivity contribution in [2.45, 2.75) is 83.8 Å². The van der Waals surface area contributed by atoms with E-state index in [1.165, 1.54) is 44.9 Å². The van der Waals surface area contributed by atoms with Crippen molar-refractivity contribution in [3.8, 4) is 0 Å². The Bertz CT molecular complexity index is 232. The van der Waals surface area contributed by atoms with Crippen molar-refractivity contribution >= 4 is 10.2 Å². The van der Waals surface area contributed by atoms with E-state index in [2.05, 4.69) is 6.92 Å². The third kappa shape index (κ3) is 9.63. The van der Waals surface area contributed by atoms with Gasteiger partial charge in [0.2, 0.25) is 0 Å². The zero-order valence-electron chi connectivity index (χ0n) is 14.7. The van der Waals surface area contributed by atoms with Gasteiger partial charge in [-0.3, -0.25) is 0 Å². The van der Waals surface area contributed by atoms with Gasteiger partial charge in [-0.25, -0.2) is 0 Å². The standard InChI is InChI=1S/C10H21.3C2H5O.H2S.Ti/c1-3-5-7-9-10-8-6-4-2;3*1-2-3;;/h1,3-10H2,2H3;3*2H2,1H3;1H2;/q;3*-1;;+4/p-1. The normalized spacial score (nSPS) is 14.0. The summed E-state index contributed by atoms with van der Waals surface area (Å²) in [6.45, 7) is 10.1. The molecule has 0 aromatic heterocycles. The second kappa shape index (κ2) is 12.4. The van der Waals surface area contributed by atoms with Gasteiger partial charge in [0.15, 0.2) is 0 Å². The van der Waals surface area contributed by atoms with Crippen LogP contribution >= 0.6 is 10.2 Å². The van der Waals surface area contributed by atoms with Gasteiger partial charge in [-0.1, -0.05) is 0 Å². The number of unbranched alkanes of at least 4 members (excludes halogenated alkanes) is 7. The van der Waals surface area contributed by atoms with E-state index >= 15 is 0 Å². The van der Waals surface area contributed by atoms with Crippen molar-refractivity contribution in [2.24, 2.45) is 0 Å². The van der Waals surface area contributed by atoms with Crippen LogP contribution in [0.2, 0.25) is 4.73 Å². The molecule has 0 aromatic carbocycles. The average Bonchev–Trinajstić information content (AvgIpc) is 2.43. The molecule has 129 valence electrons. The molecule has 0 amide bonds. The van der Waals surface area contributed by atoms with Gasteiger partial charge in [-0.2, -0.15) is 0 Å². The Morgan fingerprint density at radius 3 is 1.38 bits per heavy atom. The third-order valence-electron chi connectivity index (χ3n) is 3.73. The molecule has 0 radical (unpaired) electrons. The molecule has 0 unspecified atom stereocenters. The van der Waals surface area contributed by atoms with E-state index in [1.807, 2.05) is 20.8 Å². The molecule has 0 aliphatic carbocycles. The van der Waals surface area contributed by atoms with Crippen LogP contribution in [0.5, 0.6) is 0 Å². The maximum atomic E-state index is 5.97. The predicted octanol–water partition coefficient (Wildman–Crippen LogP) is 5.93. The van der Waals surface area contributed by atoms with E-state index in [-0.39, 0.29) is 0 Å². The summed E-state index contributed by atoms with van der Waals surface area (Å²) in [4.78, 5) is 0. The SMILES string of the molecule is CCCCCCCCC[CH2][Ti]([SH])([O]CC)([O]CC)[O]CC. The minimum atomic E-state index is -3.92. The van der Waals surface area contributed by atoms with E-state index in [0.29, 0.717) is 19.8 Å². The number of hydrogen-bond donors (Lipinski definition) is 1. The quantitative estimate of drug-likeness (QED) is 0.223. The zero-order chi connectivity index (χ0) is 16.1. The molecule has 0 aliphatic heterocycles. The summed E-state index contributed by atoms with van der Waals surface area (Å²) >= 11 is -3.92. The fourth-order valence-electron chi connectivity index (χ4n) is 2.75. The second-order valence-corrected chi connectivity index (χ2v) is 14.8. The molecular weight excluding hydrogens is 320 g/mol. The molecule has 0 spiro atoms. The number of hydrogen-bond acceptors (Lipinski definition) is 4. The Hall–Kier alpha value is 0.944. The molecule has 0 fully saturated rings. The molecule has 0 saturated carbocycles. The van der Waals surface area contributed by atoms with E-state index < -0.39 is 15.2 Å². The summed E-state index contributed by atoms with van der Waals surface area (Å²) < 4.78 is 18.8. The second-order valence-electron chi connectivity index (χ2n) is 5.64. The summed E-state index contributed by atoms with van der Waals surface area (Å²) in [5.41, 5.74) is 0. The summed E-state index contributed by atoms with van der Waals surface area (Å²) in [6.07, 6.45) is 10.4. The first-order valence-electron chi connectivity index (χ1n) is 8.88. The molecule has 0 saturated heterocycles. The number of thiol groups is 1. The Kier molecular flexibility index (Phi) is 12.9. The Balaban J connectivity index is 4.12. The van der Waals surface area contributed by atoms with Gasteiger partial charge < -0.3 is 0 Å². The average molecular weight is 357 g/mol. The van der Waals surface area contributed by atoms with Crippen LogP contribution < -0.4 is 0 Å². The third-order valence-corrected chi connectivity index (χ3v) is 12.1. The Morgan fingerprint density at radius 1 is 0.619 bits per heavy atom. The van der Waals surface area contributed by atoms with Crippen LogP contribution in [0.4, 0.5) is 0 Å². The first kappa shape index (κ1) is 21.9. The maximum absolute atomic E-state index is 5.97. The van der Waals surface area contributed by atoms with Gasteiger partial charge >= 0.3 is 139 Å². The number of rotatable bonds is 15. The molecule has 0 aliphatic rings. The van der Waals surface area contributed by atoms with Crippen LogP contribution in [-0.4, -0.2) is 19.8 Å². The fourth-order valence-corrected chi connectivity index (χ4v) is 10.0. The van der Waals surface area contributed by atoms with Gasteiger partial charge in [0.25, 0.3) is 0 Å². The minimum absolute atomic E-state index is 0.609. The van der Waals surface area contributed by atoms with E-state index in [0.717, 1.165) is 11.1 Å². The molecule has 0 heterocycles. The molecular formula is C16H37O3STi. The van der Waals surface area contributed by atoms with Crippen molar-refractivity contribution in [2.75, 3.05) is 19.8 Å². The molecule has 0 aromatic rings. The molecule has 0 N–H and O–H groups in total. The Morgan fingerprint density at radius 2 is 1.00 bits per heavy atom. The van der Waals surface area contributed by atoms with Gasteiger partial charge in [-0.05, 0) is 0 Å². The summed E-state index contributed by atoms with van der Waals surface area (Å²) in [5.74, 6) is 0. The van der Waals surface area contributed by atoms with Crippen LogP contribution in [0.1, 0.15) is 79.1 Å². The van der Waals surface area contributed by atoms with Crippen LogP contribution in [0.3, 0.4) is 0 Å². The topological polar surface area (TPSA) is 27.7 Å². The fraction of sp³-hybridized carbons (Fsp3) is 1.00. The van der Waals surface area contributed by atoms with Crippen molar-refractivity contribution in [1.82, 2.24) is 0 Å². The van der Waals surface area contributed by atoms with Gasteiger partial charge in [-0.15, -0.1) is 0 Å². The molecule has 5 heteroatoms. The summed E-state index contributed by atoms with van der Waals surface area (Å²) in [7, 11) is 4.84. The van der Waals surface area contributed by atoms with Gasteiger partial charge in [0.05, 0.1) is 0 Å². The van der Waals surface area contributed by atoms with Crippen LogP contribution in [0.15, 0.2) is 0 Å². The van der Waals surface area contributed by atoms with E-state index in [1.54, 1.807) is 0 Å². The van der Waals surface area contributed by atoms with Crippen LogP contribution in [0, 0.1) is 0 Å². The van der Waals surface area contributed by atoms with Crippen LogP contribution in [-0.2, 0) is 25.1 Å². The molecule has 0 rings (SSSR count). The van der Waals surface area contributed by atoms with Crippen LogP contribution in [0.25, 0.3) is 0 Å². The van der Waals surface area contributed by atoms with Gasteiger partial charge in [0, 0.05) is 0 Å². The van der Waals surface area contributed by atoms with Crippen molar-refractivity contribution < 1.29 is 25.1 Å². The summed E-state index contributed by atoms with van der Waals surface area (Å²) in [5, 5.41) is 0. The summed E-state index contributed by atoms with van der Waals surface area (Å²) in [6, 6.07) is 0. The van der Waals surface area contributed by atoms with Crippen molar-refractivity contribution in [3.05, 3.63) is 0 Å². The molecule has 3 nitrogen and oxygen atoms in total. The first-order chi connectivity index (χ1) is 10.0. The van der Waals surface area contributed by atoms with Crippen molar-refractivity contribution in [3.63, 3.8) is 0 Å². The Labute approximate surface area is 138 Å². The predicted molar refractivity (Wildman–Crippen MR) is 91.3 cm³/mol. The van der Waals surface area contributed by atoms with Crippen molar-refractivity contribution in [1.29, 1.82) is 0 Å². The first-order valence-corrected chi connectivity index (χ1v) is 14.4. The molecule has 0 atom stereocenters. The van der Waals surface area contributed by atoms with Gasteiger partial charge in [0.1, 0.15) is 0 Å². The monoisotopic (exact) mass is 357 g/mol. The molecule has 21 heavy (non-hydrogen) atoms. The zero-order valence-corrected chi connectivity index (χ0v) is 17.1. The van der Waals surface area contributed by atoms with E-state index in [9.17, 15) is 0 Å².